The number of halogens is 1. The maximum Gasteiger partial charge on any atom is 0.328 e. The Balaban J connectivity index is 1.98. The highest BCUT2D eigenvalue weighted by atomic mass is 19.1. The molecule has 3 aromatic rings. The highest BCUT2D eigenvalue weighted by molar-refractivity contribution is 5.87. The van der Waals surface area contributed by atoms with Crippen LogP contribution in [-0.4, -0.2) is 20.9 Å². The van der Waals surface area contributed by atoms with Gasteiger partial charge in [0.1, 0.15) is 5.82 Å². The van der Waals surface area contributed by atoms with E-state index in [2.05, 4.69) is 5.10 Å². The van der Waals surface area contributed by atoms with Crippen LogP contribution in [0, 0.1) is 5.82 Å². The molecule has 1 heterocycles. The summed E-state index contributed by atoms with van der Waals surface area (Å²) in [5, 5.41) is 13.4. The quantitative estimate of drug-likeness (QED) is 0.726. The molecule has 0 radical (unpaired) electrons. The summed E-state index contributed by atoms with van der Waals surface area (Å²) in [6.45, 7) is 0.565. The maximum absolute atomic E-state index is 13.1. The Labute approximate surface area is 138 Å². The molecule has 0 saturated heterocycles. The van der Waals surface area contributed by atoms with Crippen LogP contribution in [0.5, 0.6) is 0 Å². The summed E-state index contributed by atoms with van der Waals surface area (Å²) in [6.07, 6.45) is 4.34. The lowest BCUT2D eigenvalue weighted by atomic mass is 10.1. The third-order valence-electron chi connectivity index (χ3n) is 3.50. The fraction of sp³-hybridized carbons (Fsp3) is 0.0526. The molecular weight excluding hydrogens is 307 g/mol. The zero-order valence-electron chi connectivity index (χ0n) is 12.8. The van der Waals surface area contributed by atoms with Crippen molar-refractivity contribution < 1.29 is 14.3 Å². The largest absolute Gasteiger partial charge is 0.478 e. The molecule has 0 amide bonds. The highest BCUT2D eigenvalue weighted by Gasteiger charge is 2.10. The van der Waals surface area contributed by atoms with Crippen molar-refractivity contribution in [2.24, 2.45) is 0 Å². The van der Waals surface area contributed by atoms with Gasteiger partial charge >= 0.3 is 5.97 Å². The molecular formula is C19H15FN2O2. The second kappa shape index (κ2) is 6.91. The average Bonchev–Trinajstić information content (AvgIpc) is 2.97. The molecule has 4 nitrogen and oxygen atoms in total. The number of nitrogens with zero attached hydrogens (tertiary/aromatic N) is 2. The van der Waals surface area contributed by atoms with Crippen LogP contribution in [0.25, 0.3) is 17.3 Å². The molecule has 0 aliphatic heterocycles. The summed E-state index contributed by atoms with van der Waals surface area (Å²) in [6, 6.07) is 15.8. The summed E-state index contributed by atoms with van der Waals surface area (Å²) in [5.41, 5.74) is 3.09. The first-order valence-corrected chi connectivity index (χ1v) is 7.40. The maximum atomic E-state index is 13.1. The number of hydrogen-bond donors (Lipinski definition) is 1. The Hall–Kier alpha value is -3.21. The molecule has 5 heteroatoms. The summed E-state index contributed by atoms with van der Waals surface area (Å²) >= 11 is 0. The minimum absolute atomic E-state index is 0.329. The Morgan fingerprint density at radius 2 is 1.83 bits per heavy atom. The third kappa shape index (κ3) is 3.76. The van der Waals surface area contributed by atoms with E-state index >= 15 is 0 Å². The number of carboxylic acids is 1. The summed E-state index contributed by atoms with van der Waals surface area (Å²) in [4.78, 5) is 10.8. The van der Waals surface area contributed by atoms with E-state index in [4.69, 9.17) is 5.11 Å². The number of rotatable bonds is 5. The van der Waals surface area contributed by atoms with Crippen molar-refractivity contribution in [2.75, 3.05) is 0 Å². The lowest BCUT2D eigenvalue weighted by molar-refractivity contribution is -0.131. The van der Waals surface area contributed by atoms with Crippen molar-refractivity contribution in [1.29, 1.82) is 0 Å². The van der Waals surface area contributed by atoms with E-state index < -0.39 is 5.97 Å². The van der Waals surface area contributed by atoms with Crippen LogP contribution in [0.4, 0.5) is 4.39 Å². The molecule has 0 unspecified atom stereocenters. The number of hydrogen-bond acceptors (Lipinski definition) is 2. The van der Waals surface area contributed by atoms with Gasteiger partial charge in [-0.15, -0.1) is 0 Å². The smallest absolute Gasteiger partial charge is 0.328 e. The third-order valence-corrected chi connectivity index (χ3v) is 3.50. The van der Waals surface area contributed by atoms with Gasteiger partial charge in [-0.3, -0.25) is 4.68 Å². The van der Waals surface area contributed by atoms with Crippen molar-refractivity contribution in [3.63, 3.8) is 0 Å². The molecule has 0 spiro atoms. The zero-order chi connectivity index (χ0) is 16.9. The predicted molar refractivity (Wildman–Crippen MR) is 89.8 cm³/mol. The molecule has 0 aliphatic carbocycles. The van der Waals surface area contributed by atoms with Crippen LogP contribution >= 0.6 is 0 Å². The van der Waals surface area contributed by atoms with E-state index in [1.54, 1.807) is 23.0 Å². The van der Waals surface area contributed by atoms with E-state index in [-0.39, 0.29) is 5.82 Å². The Morgan fingerprint density at radius 1 is 1.12 bits per heavy atom. The van der Waals surface area contributed by atoms with E-state index in [9.17, 15) is 9.18 Å². The zero-order valence-corrected chi connectivity index (χ0v) is 12.8. The molecule has 1 aromatic heterocycles. The van der Waals surface area contributed by atoms with Crippen LogP contribution < -0.4 is 0 Å². The number of benzene rings is 2. The van der Waals surface area contributed by atoms with Gasteiger partial charge in [-0.1, -0.05) is 30.3 Å². The van der Waals surface area contributed by atoms with Gasteiger partial charge in [-0.25, -0.2) is 9.18 Å². The van der Waals surface area contributed by atoms with Gasteiger partial charge in [0, 0.05) is 23.4 Å². The molecule has 0 bridgehead atoms. The van der Waals surface area contributed by atoms with Crippen molar-refractivity contribution >= 4 is 12.0 Å². The monoisotopic (exact) mass is 322 g/mol. The molecule has 0 fully saturated rings. The lowest BCUT2D eigenvalue weighted by Crippen LogP contribution is -2.00. The number of carbonyl (C=O) groups is 1. The van der Waals surface area contributed by atoms with Gasteiger partial charge in [0.2, 0.25) is 0 Å². The fourth-order valence-electron chi connectivity index (χ4n) is 2.40. The van der Waals surface area contributed by atoms with Crippen LogP contribution in [0.3, 0.4) is 0 Å². The number of aromatic nitrogens is 2. The Bertz CT molecular complexity index is 868. The lowest BCUT2D eigenvalue weighted by Gasteiger charge is -2.01. The average molecular weight is 322 g/mol. The first-order valence-electron chi connectivity index (χ1n) is 7.40. The molecule has 0 saturated carbocycles. The molecule has 3 rings (SSSR count). The second-order valence-electron chi connectivity index (χ2n) is 5.29. The van der Waals surface area contributed by atoms with Crippen molar-refractivity contribution in [3.05, 3.63) is 83.8 Å². The van der Waals surface area contributed by atoms with Crippen molar-refractivity contribution in [1.82, 2.24) is 9.78 Å². The van der Waals surface area contributed by atoms with Crippen LogP contribution in [0.2, 0.25) is 0 Å². The standard InChI is InChI=1S/C19H15FN2O2/c20-17-9-6-15(7-10-17)19-16(8-11-18(23)24)13-22(21-19)12-14-4-2-1-3-5-14/h1-11,13H,12H2,(H,23,24). The van der Waals surface area contributed by atoms with Crippen molar-refractivity contribution in [3.8, 4) is 11.3 Å². The second-order valence-corrected chi connectivity index (χ2v) is 5.29. The van der Waals surface area contributed by atoms with E-state index in [1.165, 1.54) is 18.2 Å². The van der Waals surface area contributed by atoms with E-state index in [0.29, 0.717) is 17.8 Å². The minimum Gasteiger partial charge on any atom is -0.478 e. The molecule has 1 N–H and O–H groups in total. The van der Waals surface area contributed by atoms with Gasteiger partial charge in [0.25, 0.3) is 0 Å². The van der Waals surface area contributed by atoms with Crippen molar-refractivity contribution in [2.45, 2.75) is 6.54 Å². The van der Waals surface area contributed by atoms with E-state index in [0.717, 1.165) is 17.2 Å². The van der Waals surface area contributed by atoms with Gasteiger partial charge in [0.05, 0.1) is 12.2 Å². The highest BCUT2D eigenvalue weighted by Crippen LogP contribution is 2.24. The minimum atomic E-state index is -1.03. The summed E-state index contributed by atoms with van der Waals surface area (Å²) < 4.78 is 14.9. The molecule has 120 valence electrons. The normalized spacial score (nSPS) is 11.0. The van der Waals surface area contributed by atoms with E-state index in [1.807, 2.05) is 30.3 Å². The first kappa shape index (κ1) is 15.7. The van der Waals surface area contributed by atoms with Gasteiger partial charge in [0.15, 0.2) is 0 Å². The summed E-state index contributed by atoms with van der Waals surface area (Å²) in [7, 11) is 0. The molecule has 24 heavy (non-hydrogen) atoms. The fourth-order valence-corrected chi connectivity index (χ4v) is 2.40. The molecule has 0 atom stereocenters. The van der Waals surface area contributed by atoms with Crippen LogP contribution in [-0.2, 0) is 11.3 Å². The first-order chi connectivity index (χ1) is 11.6. The van der Waals surface area contributed by atoms with Crippen LogP contribution in [0.1, 0.15) is 11.1 Å². The molecule has 0 aliphatic rings. The molecule has 2 aromatic carbocycles. The SMILES string of the molecule is O=C(O)C=Cc1cn(Cc2ccccc2)nc1-c1ccc(F)cc1. The number of aliphatic carboxylic acids is 1. The Kier molecular flexibility index (Phi) is 4.52. The topological polar surface area (TPSA) is 55.1 Å². The Morgan fingerprint density at radius 3 is 2.50 bits per heavy atom. The van der Waals surface area contributed by atoms with Crippen LogP contribution in [0.15, 0.2) is 66.9 Å². The predicted octanol–water partition coefficient (Wildman–Crippen LogP) is 3.84. The van der Waals surface area contributed by atoms with Gasteiger partial charge < -0.3 is 5.11 Å². The summed E-state index contributed by atoms with van der Waals surface area (Å²) in [5.74, 6) is -1.36. The van der Waals surface area contributed by atoms with Gasteiger partial charge in [-0.05, 0) is 35.9 Å². The van der Waals surface area contributed by atoms with Gasteiger partial charge in [-0.2, -0.15) is 5.10 Å². The number of carboxylic acid groups (broad SMARTS) is 1.